The van der Waals surface area contributed by atoms with Crippen LogP contribution in [0.4, 0.5) is 0 Å². The first kappa shape index (κ1) is 10.0. The Labute approximate surface area is 88.4 Å². The quantitative estimate of drug-likeness (QED) is 0.739. The second-order valence-electron chi connectivity index (χ2n) is 4.09. The van der Waals surface area contributed by atoms with Gasteiger partial charge in [-0.15, -0.1) is 0 Å². The molecule has 2 N–H and O–H groups in total. The van der Waals surface area contributed by atoms with Crippen molar-refractivity contribution in [3.8, 4) is 11.5 Å². The molecule has 0 saturated carbocycles. The van der Waals surface area contributed by atoms with Crippen LogP contribution in [0.25, 0.3) is 0 Å². The highest BCUT2D eigenvalue weighted by atomic mass is 16.3. The smallest absolute Gasteiger partial charge is 0.137 e. The number of rotatable bonds is 1. The van der Waals surface area contributed by atoms with Crippen LogP contribution in [0.3, 0.4) is 0 Å². The summed E-state index contributed by atoms with van der Waals surface area (Å²) in [5, 5.41) is 19.1. The molecule has 2 rings (SSSR count). The fraction of sp³-hybridized carbons (Fsp3) is 0.417. The summed E-state index contributed by atoms with van der Waals surface area (Å²) in [5.41, 5.74) is 1.62. The topological polar surface area (TPSA) is 57.5 Å². The zero-order valence-electron chi connectivity index (χ0n) is 8.66. The second-order valence-corrected chi connectivity index (χ2v) is 4.09. The molecule has 0 bridgehead atoms. The summed E-state index contributed by atoms with van der Waals surface area (Å²) in [6, 6.07) is 2.93. The monoisotopic (exact) mass is 206 g/mol. The molecule has 3 heteroatoms. The molecule has 0 radical (unpaired) electrons. The third-order valence-electron chi connectivity index (χ3n) is 3.03. The number of phenols is 2. The summed E-state index contributed by atoms with van der Waals surface area (Å²) < 4.78 is 0. The van der Waals surface area contributed by atoms with E-state index in [2.05, 4.69) is 0 Å². The van der Waals surface area contributed by atoms with Crippen LogP contribution in [0.2, 0.25) is 0 Å². The molecule has 0 spiro atoms. The summed E-state index contributed by atoms with van der Waals surface area (Å²) in [6.45, 7) is 1.56. The number of Topliss-reactive ketones (excluding diaryl/α,β-unsaturated/α-hetero) is 1. The summed E-state index contributed by atoms with van der Waals surface area (Å²) >= 11 is 0. The Kier molecular flexibility index (Phi) is 2.39. The Morgan fingerprint density at radius 1 is 1.40 bits per heavy atom. The highest BCUT2D eigenvalue weighted by Gasteiger charge is 2.26. The van der Waals surface area contributed by atoms with Crippen LogP contribution in [0.5, 0.6) is 11.5 Å². The fourth-order valence-electron chi connectivity index (χ4n) is 2.31. The van der Waals surface area contributed by atoms with Crippen molar-refractivity contribution in [1.82, 2.24) is 0 Å². The SMILES string of the molecule is CC(=O)C1CCCc2c(O)cc(O)cc21. The van der Waals surface area contributed by atoms with E-state index in [1.54, 1.807) is 13.0 Å². The minimum atomic E-state index is -0.160. The number of ketones is 1. The van der Waals surface area contributed by atoms with Gasteiger partial charge in [0.2, 0.25) is 0 Å². The molecular formula is C12H14O3. The molecule has 1 unspecified atom stereocenters. The maximum Gasteiger partial charge on any atom is 0.137 e. The van der Waals surface area contributed by atoms with E-state index in [0.717, 1.165) is 30.4 Å². The molecule has 1 atom stereocenters. The van der Waals surface area contributed by atoms with Gasteiger partial charge in [-0.25, -0.2) is 0 Å². The van der Waals surface area contributed by atoms with Gasteiger partial charge < -0.3 is 10.2 Å². The molecule has 1 aliphatic carbocycles. The average molecular weight is 206 g/mol. The first-order valence-electron chi connectivity index (χ1n) is 5.15. The molecule has 3 nitrogen and oxygen atoms in total. The van der Waals surface area contributed by atoms with E-state index < -0.39 is 0 Å². The fourth-order valence-corrected chi connectivity index (χ4v) is 2.31. The van der Waals surface area contributed by atoms with Crippen molar-refractivity contribution in [2.45, 2.75) is 32.1 Å². The molecule has 80 valence electrons. The number of aromatic hydroxyl groups is 2. The molecule has 0 heterocycles. The van der Waals surface area contributed by atoms with Crippen LogP contribution < -0.4 is 0 Å². The molecule has 0 fully saturated rings. The summed E-state index contributed by atoms with van der Waals surface area (Å²) in [7, 11) is 0. The number of hydrogen-bond donors (Lipinski definition) is 2. The molecule has 1 aromatic carbocycles. The Morgan fingerprint density at radius 2 is 2.13 bits per heavy atom. The Morgan fingerprint density at radius 3 is 2.80 bits per heavy atom. The van der Waals surface area contributed by atoms with Gasteiger partial charge in [0.25, 0.3) is 0 Å². The van der Waals surface area contributed by atoms with Gasteiger partial charge in [-0.3, -0.25) is 4.79 Å². The van der Waals surface area contributed by atoms with Crippen LogP contribution in [-0.2, 0) is 11.2 Å². The van der Waals surface area contributed by atoms with Crippen molar-refractivity contribution in [3.05, 3.63) is 23.3 Å². The number of fused-ring (bicyclic) bond motifs is 1. The van der Waals surface area contributed by atoms with E-state index in [1.807, 2.05) is 0 Å². The van der Waals surface area contributed by atoms with E-state index in [1.165, 1.54) is 6.07 Å². The number of carbonyl (C=O) groups excluding carboxylic acids is 1. The maximum atomic E-state index is 11.4. The van der Waals surface area contributed by atoms with Crippen molar-refractivity contribution < 1.29 is 15.0 Å². The lowest BCUT2D eigenvalue weighted by molar-refractivity contribution is -0.118. The molecule has 1 aromatic rings. The van der Waals surface area contributed by atoms with Gasteiger partial charge in [0.05, 0.1) is 0 Å². The molecule has 0 saturated heterocycles. The lowest BCUT2D eigenvalue weighted by atomic mass is 9.80. The first-order valence-corrected chi connectivity index (χ1v) is 5.15. The summed E-state index contributed by atoms with van der Waals surface area (Å²) in [5.74, 6) is 0.0723. The average Bonchev–Trinajstić information content (AvgIpc) is 2.16. The highest BCUT2D eigenvalue weighted by molar-refractivity contribution is 5.84. The Hall–Kier alpha value is -1.51. The van der Waals surface area contributed by atoms with E-state index in [0.29, 0.717) is 0 Å². The van der Waals surface area contributed by atoms with Gasteiger partial charge >= 0.3 is 0 Å². The minimum Gasteiger partial charge on any atom is -0.508 e. The lowest BCUT2D eigenvalue weighted by Gasteiger charge is -2.24. The Bertz CT molecular complexity index is 410. The van der Waals surface area contributed by atoms with Crippen molar-refractivity contribution in [3.63, 3.8) is 0 Å². The molecule has 15 heavy (non-hydrogen) atoms. The van der Waals surface area contributed by atoms with Crippen LogP contribution >= 0.6 is 0 Å². The third kappa shape index (κ3) is 1.69. The molecule has 0 amide bonds. The zero-order valence-corrected chi connectivity index (χ0v) is 8.66. The predicted molar refractivity (Wildman–Crippen MR) is 56.1 cm³/mol. The summed E-state index contributed by atoms with van der Waals surface area (Å²) in [4.78, 5) is 11.4. The van der Waals surface area contributed by atoms with Crippen LogP contribution in [0.1, 0.15) is 36.8 Å². The van der Waals surface area contributed by atoms with Crippen molar-refractivity contribution in [2.24, 2.45) is 0 Å². The number of hydrogen-bond acceptors (Lipinski definition) is 3. The first-order chi connectivity index (χ1) is 7.09. The second kappa shape index (κ2) is 3.57. The van der Waals surface area contributed by atoms with Crippen LogP contribution in [0, 0.1) is 0 Å². The van der Waals surface area contributed by atoms with Gasteiger partial charge in [0.1, 0.15) is 17.3 Å². The lowest BCUT2D eigenvalue weighted by Crippen LogP contribution is -2.16. The normalized spacial score (nSPS) is 19.7. The van der Waals surface area contributed by atoms with Gasteiger partial charge in [0.15, 0.2) is 0 Å². The van der Waals surface area contributed by atoms with Crippen molar-refractivity contribution >= 4 is 5.78 Å². The largest absolute Gasteiger partial charge is 0.508 e. The predicted octanol–water partition coefficient (Wildman–Crippen LogP) is 2.11. The van der Waals surface area contributed by atoms with E-state index >= 15 is 0 Å². The molecule has 0 aromatic heterocycles. The van der Waals surface area contributed by atoms with Gasteiger partial charge in [-0.2, -0.15) is 0 Å². The number of benzene rings is 1. The molecule has 0 aliphatic heterocycles. The third-order valence-corrected chi connectivity index (χ3v) is 3.03. The van der Waals surface area contributed by atoms with Crippen molar-refractivity contribution in [1.29, 1.82) is 0 Å². The maximum absolute atomic E-state index is 11.4. The van der Waals surface area contributed by atoms with Gasteiger partial charge in [-0.05, 0) is 43.4 Å². The number of phenolic OH excluding ortho intramolecular Hbond substituents is 2. The zero-order chi connectivity index (χ0) is 11.0. The van der Waals surface area contributed by atoms with E-state index in [-0.39, 0.29) is 23.2 Å². The standard InChI is InChI=1S/C12H14O3/c1-7(13)9-3-2-4-10-11(9)5-8(14)6-12(10)15/h5-6,9,14-15H,2-4H2,1H3. The number of carbonyl (C=O) groups is 1. The minimum absolute atomic E-state index is 0.0272. The van der Waals surface area contributed by atoms with Crippen LogP contribution in [-0.4, -0.2) is 16.0 Å². The van der Waals surface area contributed by atoms with Crippen molar-refractivity contribution in [2.75, 3.05) is 0 Å². The molecule has 1 aliphatic rings. The highest BCUT2D eigenvalue weighted by Crippen LogP contribution is 2.39. The molecular weight excluding hydrogens is 192 g/mol. The van der Waals surface area contributed by atoms with Crippen LogP contribution in [0.15, 0.2) is 12.1 Å². The summed E-state index contributed by atoms with van der Waals surface area (Å²) in [6.07, 6.45) is 2.51. The Balaban J connectivity index is 2.55. The van der Waals surface area contributed by atoms with E-state index in [4.69, 9.17) is 0 Å². The van der Waals surface area contributed by atoms with Gasteiger partial charge in [-0.1, -0.05) is 0 Å². The van der Waals surface area contributed by atoms with E-state index in [9.17, 15) is 15.0 Å². The van der Waals surface area contributed by atoms with Gasteiger partial charge in [0, 0.05) is 12.0 Å².